The molecule has 6 heteroatoms. The highest BCUT2D eigenvalue weighted by Gasteiger charge is 2.15. The minimum atomic E-state index is -0.643. The predicted octanol–water partition coefficient (Wildman–Crippen LogP) is 27.8. The smallest absolute Gasteiger partial charge is 0.404 e. The van der Waals surface area contributed by atoms with Crippen LogP contribution in [0.5, 0.6) is 0 Å². The van der Waals surface area contributed by atoms with Crippen LogP contribution in [0.4, 0.5) is 4.79 Å². The standard InChI is InChI=1S/C43H79NO2.C38H67ClO2/c1-5-7-9-11-13-15-17-19-21-23-25-27-29-31-33-35-38-42(46-43(45)40-37-41-44(3)4)39-36-34-32-30-28-26-24-22-20-18-16-14-12-10-8-6-2;1-3-5-7-9-11-13-15-17-19-21-23-25-27-29-31-33-35-37(41-38(39)40)36-34-32-30-28-26-24-22-20-18-16-14-12-10-8-6-4-2/h13-16,19-22,42H,5-12,17-18,23-41H2,1-4H3;11-14,17-20,37H,3-10,15-16,21-36H2,1-2H3/b15-13-,16-14-,21-19-,22-20-;13-11-,14-12-,19-17-,20-18-. The van der Waals surface area contributed by atoms with E-state index in [-0.39, 0.29) is 18.2 Å². The Bertz CT molecular complexity index is 1530. The van der Waals surface area contributed by atoms with E-state index in [2.05, 4.69) is 144 Å². The molecule has 0 aromatic heterocycles. The molecule has 0 aliphatic heterocycles. The Morgan fingerprint density at radius 2 is 0.517 bits per heavy atom. The second-order valence-electron chi connectivity index (χ2n) is 25.5. The molecule has 0 amide bonds. The zero-order chi connectivity index (χ0) is 63.5. The third kappa shape index (κ3) is 79.2. The SMILES string of the molecule is CCCCC/C=C\C/C=C\CCCCCCCCC(CCCCCCCC/C=C\C/C=C\CCCCC)OC(=O)CCCN(C)C.CCCCC/C=C\C/C=C\CCCCCCCCC(CCCCCCCC/C=C\C/C=C\CCCCC)OC(=O)Cl. The van der Waals surface area contributed by atoms with Crippen LogP contribution in [0.2, 0.25) is 0 Å². The zero-order valence-electron chi connectivity index (χ0n) is 58.7. The van der Waals surface area contributed by atoms with E-state index in [9.17, 15) is 9.59 Å². The summed E-state index contributed by atoms with van der Waals surface area (Å²) in [5.74, 6) is 0.00641. The molecule has 0 aromatic carbocycles. The van der Waals surface area contributed by atoms with Crippen molar-refractivity contribution in [2.45, 2.75) is 387 Å². The minimum Gasteiger partial charge on any atom is -0.462 e. The number of rotatable bonds is 66. The van der Waals surface area contributed by atoms with E-state index < -0.39 is 5.43 Å². The summed E-state index contributed by atoms with van der Waals surface area (Å²) >= 11 is 5.55. The molecule has 0 bridgehead atoms. The van der Waals surface area contributed by atoms with Crippen LogP contribution in [-0.4, -0.2) is 49.1 Å². The molecule has 87 heavy (non-hydrogen) atoms. The van der Waals surface area contributed by atoms with Gasteiger partial charge in [0.05, 0.1) is 0 Å². The third-order valence-electron chi connectivity index (χ3n) is 16.5. The van der Waals surface area contributed by atoms with Crippen LogP contribution in [0, 0.1) is 0 Å². The Hall–Kier alpha value is -2.89. The van der Waals surface area contributed by atoms with Crippen molar-refractivity contribution < 1.29 is 19.1 Å². The third-order valence-corrected chi connectivity index (χ3v) is 16.5. The van der Waals surface area contributed by atoms with Gasteiger partial charge in [-0.3, -0.25) is 4.79 Å². The number of nitrogens with zero attached hydrogens (tertiary/aromatic N) is 1. The highest BCUT2D eigenvalue weighted by molar-refractivity contribution is 6.61. The molecular weight excluding hydrogens is 1090 g/mol. The quantitative estimate of drug-likeness (QED) is 0.0263. The first-order valence-corrected chi connectivity index (χ1v) is 38.1. The molecule has 0 atom stereocenters. The van der Waals surface area contributed by atoms with E-state index in [1.54, 1.807) is 0 Å². The van der Waals surface area contributed by atoms with Crippen molar-refractivity contribution in [3.63, 3.8) is 0 Å². The van der Waals surface area contributed by atoms with Crippen LogP contribution in [-0.2, 0) is 14.3 Å². The molecule has 0 rings (SSSR count). The van der Waals surface area contributed by atoms with Gasteiger partial charge in [0.1, 0.15) is 12.2 Å². The van der Waals surface area contributed by atoms with Crippen LogP contribution in [0.3, 0.4) is 0 Å². The fraction of sp³-hybridized carbons (Fsp3) is 0.778. The van der Waals surface area contributed by atoms with E-state index in [0.717, 1.165) is 77.2 Å². The van der Waals surface area contributed by atoms with Crippen molar-refractivity contribution in [1.82, 2.24) is 4.90 Å². The van der Waals surface area contributed by atoms with Gasteiger partial charge in [0, 0.05) is 18.0 Å². The maximum Gasteiger partial charge on any atom is 0.404 e. The van der Waals surface area contributed by atoms with E-state index >= 15 is 0 Å². The highest BCUT2D eigenvalue weighted by atomic mass is 35.5. The number of esters is 1. The molecule has 0 aliphatic rings. The van der Waals surface area contributed by atoms with Gasteiger partial charge in [-0.1, -0.05) is 279 Å². The number of carbonyl (C=O) groups excluding carboxylic acids is 2. The predicted molar refractivity (Wildman–Crippen MR) is 390 cm³/mol. The van der Waals surface area contributed by atoms with E-state index in [1.165, 1.54) is 270 Å². The maximum absolute atomic E-state index is 12.5. The first kappa shape index (κ1) is 86.2. The summed E-state index contributed by atoms with van der Waals surface area (Å²) < 4.78 is 11.4. The normalized spacial score (nSPS) is 12.3. The highest BCUT2D eigenvalue weighted by Crippen LogP contribution is 2.21. The van der Waals surface area contributed by atoms with Gasteiger partial charge in [-0.2, -0.15) is 0 Å². The topological polar surface area (TPSA) is 55.8 Å². The second kappa shape index (κ2) is 77.4. The molecule has 0 spiro atoms. The van der Waals surface area contributed by atoms with Gasteiger partial charge in [0.2, 0.25) is 0 Å². The molecule has 0 saturated carbocycles. The number of allylic oxidation sites excluding steroid dienone is 16. The summed E-state index contributed by atoms with van der Waals surface area (Å²) in [7, 11) is 4.12. The first-order chi connectivity index (χ1) is 42.8. The van der Waals surface area contributed by atoms with Crippen LogP contribution in [0.1, 0.15) is 374 Å². The van der Waals surface area contributed by atoms with Gasteiger partial charge in [-0.05, 0) is 207 Å². The summed E-state index contributed by atoms with van der Waals surface area (Å²) in [5.41, 5.74) is -0.643. The largest absolute Gasteiger partial charge is 0.462 e. The lowest BCUT2D eigenvalue weighted by Crippen LogP contribution is -2.20. The van der Waals surface area contributed by atoms with Crippen LogP contribution in [0.25, 0.3) is 0 Å². The van der Waals surface area contributed by atoms with Gasteiger partial charge in [0.25, 0.3) is 0 Å². The summed E-state index contributed by atoms with van der Waals surface area (Å²) in [6, 6.07) is 0. The first-order valence-electron chi connectivity index (χ1n) is 37.7. The van der Waals surface area contributed by atoms with Crippen molar-refractivity contribution >= 4 is 23.0 Å². The molecule has 5 nitrogen and oxygen atoms in total. The lowest BCUT2D eigenvalue weighted by molar-refractivity contribution is -0.150. The number of hydrogen-bond donors (Lipinski definition) is 0. The summed E-state index contributed by atoms with van der Waals surface area (Å²) in [5, 5.41) is 0. The Labute approximate surface area is 548 Å². The molecule has 0 aliphatic carbocycles. The lowest BCUT2D eigenvalue weighted by Gasteiger charge is -2.18. The number of hydrogen-bond acceptors (Lipinski definition) is 5. The van der Waals surface area contributed by atoms with E-state index in [1.807, 2.05) is 0 Å². The Morgan fingerprint density at radius 3 is 0.747 bits per heavy atom. The average Bonchev–Trinajstić information content (AvgIpc) is 3.50. The average molecular weight is 1230 g/mol. The van der Waals surface area contributed by atoms with E-state index in [4.69, 9.17) is 21.1 Å². The monoisotopic (exact) mass is 1230 g/mol. The van der Waals surface area contributed by atoms with Crippen molar-refractivity contribution in [2.24, 2.45) is 0 Å². The van der Waals surface area contributed by atoms with Gasteiger partial charge in [-0.25, -0.2) is 4.79 Å². The Morgan fingerprint density at radius 1 is 0.299 bits per heavy atom. The Kier molecular flexibility index (Phi) is 76.6. The molecule has 0 saturated heterocycles. The number of ether oxygens (including phenoxy) is 2. The maximum atomic E-state index is 12.5. The number of carbonyl (C=O) groups is 2. The molecule has 506 valence electrons. The number of unbranched alkanes of at least 4 members (excludes halogenated alkanes) is 36. The zero-order valence-corrected chi connectivity index (χ0v) is 59.5. The molecule has 0 aromatic rings. The van der Waals surface area contributed by atoms with Gasteiger partial charge >= 0.3 is 11.4 Å². The summed E-state index contributed by atoms with van der Waals surface area (Å²) in [4.78, 5) is 26.0. The molecule has 0 heterocycles. The fourth-order valence-corrected chi connectivity index (χ4v) is 11.0. The van der Waals surface area contributed by atoms with Crippen molar-refractivity contribution in [1.29, 1.82) is 0 Å². The van der Waals surface area contributed by atoms with Crippen LogP contribution >= 0.6 is 11.6 Å². The van der Waals surface area contributed by atoms with Crippen LogP contribution in [0.15, 0.2) is 97.2 Å². The molecule has 0 unspecified atom stereocenters. The molecular formula is C81H146ClNO4. The Balaban J connectivity index is 0. The number of halogens is 1. The summed E-state index contributed by atoms with van der Waals surface area (Å²) in [6.45, 7) is 9.97. The summed E-state index contributed by atoms with van der Waals surface area (Å²) in [6.07, 6.45) is 103. The van der Waals surface area contributed by atoms with Gasteiger partial charge in [0.15, 0.2) is 0 Å². The van der Waals surface area contributed by atoms with Crippen molar-refractivity contribution in [2.75, 3.05) is 20.6 Å². The molecule has 0 radical (unpaired) electrons. The second-order valence-corrected chi connectivity index (χ2v) is 25.8. The van der Waals surface area contributed by atoms with Gasteiger partial charge < -0.3 is 14.4 Å². The molecule has 0 N–H and O–H groups in total. The van der Waals surface area contributed by atoms with Gasteiger partial charge in [-0.15, -0.1) is 0 Å². The van der Waals surface area contributed by atoms with Crippen molar-refractivity contribution in [3.05, 3.63) is 97.2 Å². The van der Waals surface area contributed by atoms with E-state index in [0.29, 0.717) is 6.42 Å². The fourth-order valence-electron chi connectivity index (χ4n) is 10.9. The van der Waals surface area contributed by atoms with Crippen molar-refractivity contribution in [3.8, 4) is 0 Å². The minimum absolute atomic E-state index is 0.00309. The lowest BCUT2D eigenvalue weighted by atomic mass is 10.0. The van der Waals surface area contributed by atoms with Crippen LogP contribution < -0.4 is 0 Å². The molecule has 0 fully saturated rings.